The van der Waals surface area contributed by atoms with Gasteiger partial charge in [0.2, 0.25) is 0 Å². The van der Waals surface area contributed by atoms with Gasteiger partial charge in [0.15, 0.2) is 0 Å². The van der Waals surface area contributed by atoms with E-state index >= 15 is 0 Å². The molecular weight excluding hydrogens is 319 g/mol. The molecule has 2 aliphatic heterocycles. The fourth-order valence-corrected chi connectivity index (χ4v) is 3.82. The van der Waals surface area contributed by atoms with Crippen molar-refractivity contribution in [2.75, 3.05) is 13.2 Å². The second kappa shape index (κ2) is 6.58. The van der Waals surface area contributed by atoms with Gasteiger partial charge in [-0.3, -0.25) is 4.79 Å². The van der Waals surface area contributed by atoms with Gasteiger partial charge in [-0.05, 0) is 41.7 Å². The van der Waals surface area contributed by atoms with Crippen LogP contribution in [0.1, 0.15) is 29.2 Å². The van der Waals surface area contributed by atoms with Crippen molar-refractivity contribution < 1.29 is 13.9 Å². The number of amides is 1. The van der Waals surface area contributed by atoms with E-state index in [4.69, 9.17) is 10.5 Å². The van der Waals surface area contributed by atoms with E-state index < -0.39 is 6.10 Å². The fraction of sp³-hybridized carbons (Fsp3) is 0.350. The van der Waals surface area contributed by atoms with Gasteiger partial charge in [-0.2, -0.15) is 0 Å². The Morgan fingerprint density at radius 3 is 2.64 bits per heavy atom. The van der Waals surface area contributed by atoms with Crippen LogP contribution in [0.2, 0.25) is 0 Å². The van der Waals surface area contributed by atoms with Crippen LogP contribution in [0, 0.1) is 5.82 Å². The molecule has 1 saturated heterocycles. The van der Waals surface area contributed by atoms with Gasteiger partial charge in [0.05, 0.1) is 12.6 Å². The SMILES string of the molecule is N[C@@H]1CO[C@H](C(=O)N2CCc3ccccc3[C@@H]2c2ccc(F)cc2)C1. The summed E-state index contributed by atoms with van der Waals surface area (Å²) in [5.41, 5.74) is 9.12. The van der Waals surface area contributed by atoms with Crippen molar-refractivity contribution in [3.05, 3.63) is 71.0 Å². The first kappa shape index (κ1) is 16.2. The largest absolute Gasteiger partial charge is 0.367 e. The van der Waals surface area contributed by atoms with E-state index in [2.05, 4.69) is 6.07 Å². The van der Waals surface area contributed by atoms with Gasteiger partial charge < -0.3 is 15.4 Å². The Balaban J connectivity index is 1.72. The first-order valence-electron chi connectivity index (χ1n) is 8.64. The molecule has 2 aromatic rings. The van der Waals surface area contributed by atoms with E-state index in [-0.39, 0.29) is 23.8 Å². The molecule has 3 atom stereocenters. The molecule has 2 aliphatic rings. The quantitative estimate of drug-likeness (QED) is 0.913. The van der Waals surface area contributed by atoms with Crippen molar-refractivity contribution in [3.8, 4) is 0 Å². The number of rotatable bonds is 2. The molecule has 130 valence electrons. The van der Waals surface area contributed by atoms with E-state index in [1.165, 1.54) is 17.7 Å². The molecular formula is C20H21FN2O2. The number of fused-ring (bicyclic) bond motifs is 1. The van der Waals surface area contributed by atoms with Crippen LogP contribution in [0.3, 0.4) is 0 Å². The fourth-order valence-electron chi connectivity index (χ4n) is 3.82. The molecule has 0 unspecified atom stereocenters. The summed E-state index contributed by atoms with van der Waals surface area (Å²) in [4.78, 5) is 14.9. The van der Waals surface area contributed by atoms with Crippen molar-refractivity contribution in [3.63, 3.8) is 0 Å². The molecule has 0 aliphatic carbocycles. The molecule has 0 saturated carbocycles. The first-order chi connectivity index (χ1) is 12.1. The Morgan fingerprint density at radius 1 is 1.16 bits per heavy atom. The van der Waals surface area contributed by atoms with E-state index in [9.17, 15) is 9.18 Å². The number of nitrogens with two attached hydrogens (primary N) is 1. The lowest BCUT2D eigenvalue weighted by atomic mass is 9.87. The summed E-state index contributed by atoms with van der Waals surface area (Å²) in [5, 5.41) is 0. The van der Waals surface area contributed by atoms with Crippen LogP contribution in [0.5, 0.6) is 0 Å². The van der Waals surface area contributed by atoms with Crippen molar-refractivity contribution in [1.29, 1.82) is 0 Å². The minimum atomic E-state index is -0.483. The maximum Gasteiger partial charge on any atom is 0.252 e. The molecule has 4 rings (SSSR count). The minimum Gasteiger partial charge on any atom is -0.367 e. The van der Waals surface area contributed by atoms with Crippen molar-refractivity contribution >= 4 is 5.91 Å². The maximum absolute atomic E-state index is 13.4. The van der Waals surface area contributed by atoms with Crippen LogP contribution in [0.4, 0.5) is 4.39 Å². The number of carbonyl (C=O) groups excluding carboxylic acids is 1. The van der Waals surface area contributed by atoms with Gasteiger partial charge in [0, 0.05) is 12.6 Å². The van der Waals surface area contributed by atoms with Crippen molar-refractivity contribution in [1.82, 2.24) is 4.90 Å². The van der Waals surface area contributed by atoms with Crippen LogP contribution >= 0.6 is 0 Å². The molecule has 2 N–H and O–H groups in total. The minimum absolute atomic E-state index is 0.0308. The van der Waals surface area contributed by atoms with Gasteiger partial charge in [0.25, 0.3) is 5.91 Å². The van der Waals surface area contributed by atoms with Gasteiger partial charge in [-0.1, -0.05) is 36.4 Å². The van der Waals surface area contributed by atoms with Crippen LogP contribution in [0.15, 0.2) is 48.5 Å². The van der Waals surface area contributed by atoms with E-state index in [0.29, 0.717) is 19.6 Å². The van der Waals surface area contributed by atoms with Crippen LogP contribution in [-0.2, 0) is 16.0 Å². The highest BCUT2D eigenvalue weighted by Gasteiger charge is 2.38. The zero-order valence-electron chi connectivity index (χ0n) is 13.9. The highest BCUT2D eigenvalue weighted by Crippen LogP contribution is 2.36. The topological polar surface area (TPSA) is 55.6 Å². The van der Waals surface area contributed by atoms with Gasteiger partial charge in [-0.25, -0.2) is 4.39 Å². The molecule has 1 fully saturated rings. The summed E-state index contributed by atoms with van der Waals surface area (Å²) in [5.74, 6) is -0.312. The van der Waals surface area contributed by atoms with Gasteiger partial charge >= 0.3 is 0 Å². The van der Waals surface area contributed by atoms with Crippen molar-refractivity contribution in [2.24, 2.45) is 5.73 Å². The van der Waals surface area contributed by atoms with Crippen LogP contribution < -0.4 is 5.73 Å². The maximum atomic E-state index is 13.4. The summed E-state index contributed by atoms with van der Waals surface area (Å²) in [7, 11) is 0. The zero-order chi connectivity index (χ0) is 17.4. The summed E-state index contributed by atoms with van der Waals surface area (Å²) in [6, 6.07) is 14.2. The lowest BCUT2D eigenvalue weighted by Gasteiger charge is -2.39. The lowest BCUT2D eigenvalue weighted by Crippen LogP contribution is -2.45. The summed E-state index contributed by atoms with van der Waals surface area (Å²) in [6.07, 6.45) is 0.870. The third-order valence-electron chi connectivity index (χ3n) is 5.06. The Labute approximate surface area is 146 Å². The summed E-state index contributed by atoms with van der Waals surface area (Å²) < 4.78 is 19.0. The highest BCUT2D eigenvalue weighted by molar-refractivity contribution is 5.82. The molecule has 25 heavy (non-hydrogen) atoms. The third-order valence-corrected chi connectivity index (χ3v) is 5.06. The Bertz CT molecular complexity index is 778. The van der Waals surface area contributed by atoms with Crippen LogP contribution in [-0.4, -0.2) is 36.1 Å². The predicted molar refractivity (Wildman–Crippen MR) is 92.4 cm³/mol. The Morgan fingerprint density at radius 2 is 1.92 bits per heavy atom. The predicted octanol–water partition coefficient (Wildman–Crippen LogP) is 2.42. The Hall–Kier alpha value is -2.24. The van der Waals surface area contributed by atoms with E-state index in [1.807, 2.05) is 23.1 Å². The summed E-state index contributed by atoms with van der Waals surface area (Å²) >= 11 is 0. The molecule has 5 heteroatoms. The second-order valence-corrected chi connectivity index (χ2v) is 6.75. The number of ether oxygens (including phenoxy) is 1. The number of hydrogen-bond donors (Lipinski definition) is 1. The Kier molecular flexibility index (Phi) is 4.27. The average Bonchev–Trinajstić information content (AvgIpc) is 3.07. The molecule has 2 heterocycles. The molecule has 0 radical (unpaired) electrons. The highest BCUT2D eigenvalue weighted by atomic mass is 19.1. The van der Waals surface area contributed by atoms with Crippen molar-refractivity contribution in [2.45, 2.75) is 31.0 Å². The van der Waals surface area contributed by atoms with Gasteiger partial charge in [-0.15, -0.1) is 0 Å². The number of halogens is 1. The number of nitrogens with zero attached hydrogens (tertiary/aromatic N) is 1. The second-order valence-electron chi connectivity index (χ2n) is 6.75. The normalized spacial score (nSPS) is 25.7. The third kappa shape index (κ3) is 3.05. The van der Waals surface area contributed by atoms with E-state index in [1.54, 1.807) is 12.1 Å². The monoisotopic (exact) mass is 340 g/mol. The lowest BCUT2D eigenvalue weighted by molar-refractivity contribution is -0.143. The smallest absolute Gasteiger partial charge is 0.252 e. The van der Waals surface area contributed by atoms with E-state index in [0.717, 1.165) is 17.5 Å². The van der Waals surface area contributed by atoms with Gasteiger partial charge in [0.1, 0.15) is 11.9 Å². The average molecular weight is 340 g/mol. The first-order valence-corrected chi connectivity index (χ1v) is 8.64. The van der Waals surface area contributed by atoms with Crippen LogP contribution in [0.25, 0.3) is 0 Å². The standard InChI is InChI=1S/C20H21FN2O2/c21-15-7-5-14(6-8-15)19-17-4-2-1-3-13(17)9-10-23(19)20(24)18-11-16(22)12-25-18/h1-8,16,18-19H,9-12,22H2/t16-,18-,19-/m0/s1. The molecule has 4 nitrogen and oxygen atoms in total. The molecule has 0 bridgehead atoms. The molecule has 0 spiro atoms. The number of benzene rings is 2. The number of hydrogen-bond acceptors (Lipinski definition) is 3. The zero-order valence-corrected chi connectivity index (χ0v) is 13.9. The number of carbonyl (C=O) groups is 1. The molecule has 2 aromatic carbocycles. The summed E-state index contributed by atoms with van der Waals surface area (Å²) in [6.45, 7) is 1.04. The molecule has 0 aromatic heterocycles. The molecule has 1 amide bonds.